The molecule has 6 nitrogen and oxygen atoms in total. The molecule has 0 aliphatic rings. The van der Waals surface area contributed by atoms with Crippen molar-refractivity contribution in [1.29, 1.82) is 0 Å². The van der Waals surface area contributed by atoms with Gasteiger partial charge in [-0.2, -0.15) is 4.98 Å². The number of anilines is 1. The number of rotatable bonds is 5. The third-order valence-electron chi connectivity index (χ3n) is 3.96. The highest BCUT2D eigenvalue weighted by Crippen LogP contribution is 2.25. The van der Waals surface area contributed by atoms with Gasteiger partial charge in [0, 0.05) is 17.2 Å². The van der Waals surface area contributed by atoms with Crippen LogP contribution in [-0.2, 0) is 4.79 Å². The fraction of sp³-hybridized carbons (Fsp3) is 0.250. The first-order valence-electron chi connectivity index (χ1n) is 8.47. The number of ether oxygens (including phenoxy) is 1. The van der Waals surface area contributed by atoms with E-state index in [0.29, 0.717) is 11.5 Å². The smallest absolute Gasteiger partial charge is 0.336 e. The summed E-state index contributed by atoms with van der Waals surface area (Å²) in [7, 11) is 1.54. The maximum absolute atomic E-state index is 12.0. The van der Waals surface area contributed by atoms with Crippen LogP contribution in [0.1, 0.15) is 19.4 Å². The van der Waals surface area contributed by atoms with Crippen molar-refractivity contribution in [2.75, 3.05) is 12.4 Å². The Hall–Kier alpha value is -3.15. The lowest BCUT2D eigenvalue weighted by Gasteiger charge is -2.10. The van der Waals surface area contributed by atoms with E-state index < -0.39 is 0 Å². The predicted octanol–water partition coefficient (Wildman–Crippen LogP) is 3.85. The van der Waals surface area contributed by atoms with Crippen LogP contribution in [0.3, 0.4) is 0 Å². The number of nitrogens with one attached hydrogen (secondary N) is 1. The molecule has 26 heavy (non-hydrogen) atoms. The maximum atomic E-state index is 12.0. The Morgan fingerprint density at radius 1 is 1.15 bits per heavy atom. The second kappa shape index (κ2) is 7.39. The van der Waals surface area contributed by atoms with Gasteiger partial charge in [0.2, 0.25) is 5.91 Å². The summed E-state index contributed by atoms with van der Waals surface area (Å²) in [6.45, 7) is 5.75. The number of aryl methyl sites for hydroxylation is 1. The highest BCUT2D eigenvalue weighted by Gasteiger charge is 2.15. The number of carbonyl (C=O) groups is 1. The van der Waals surface area contributed by atoms with Gasteiger partial charge < -0.3 is 10.1 Å². The summed E-state index contributed by atoms with van der Waals surface area (Å²) < 4.78 is 6.93. The molecule has 0 fully saturated rings. The molecule has 1 amide bonds. The lowest BCUT2D eigenvalue weighted by Crippen LogP contribution is -2.17. The number of methoxy groups -OCH3 is 1. The summed E-state index contributed by atoms with van der Waals surface area (Å²) in [5.41, 5.74) is 3.61. The molecule has 6 heteroatoms. The molecule has 1 heterocycles. The minimum atomic E-state index is -0.0896. The van der Waals surface area contributed by atoms with E-state index in [9.17, 15) is 4.79 Å². The Morgan fingerprint density at radius 2 is 1.88 bits per heavy atom. The summed E-state index contributed by atoms with van der Waals surface area (Å²) in [5, 5.41) is 7.33. The minimum Gasteiger partial charge on any atom is -0.466 e. The monoisotopic (exact) mass is 350 g/mol. The van der Waals surface area contributed by atoms with E-state index in [1.165, 1.54) is 12.7 Å². The molecule has 0 aliphatic heterocycles. The second-order valence-corrected chi connectivity index (χ2v) is 6.39. The van der Waals surface area contributed by atoms with Crippen molar-refractivity contribution >= 4 is 11.6 Å². The molecule has 1 aromatic heterocycles. The molecular formula is C20H22N4O2. The van der Waals surface area contributed by atoms with Gasteiger partial charge in [-0.05, 0) is 25.1 Å². The van der Waals surface area contributed by atoms with E-state index in [1.54, 1.807) is 4.68 Å². The second-order valence-electron chi connectivity index (χ2n) is 6.39. The molecule has 0 unspecified atom stereocenters. The van der Waals surface area contributed by atoms with Gasteiger partial charge in [0.25, 0.3) is 0 Å². The summed E-state index contributed by atoms with van der Waals surface area (Å²) in [6, 6.07) is 15.8. The van der Waals surface area contributed by atoms with Crippen LogP contribution >= 0.6 is 0 Å². The standard InChI is InChI=1S/C20H22N4O2/c1-13(2)19(25)21-16-6-5-7-17(12-16)24-18(22-20(23-24)26-4)15-10-8-14(3)9-11-15/h5-13H,1-4H3,(H,21,25). The first kappa shape index (κ1) is 17.7. The van der Waals surface area contributed by atoms with Gasteiger partial charge in [-0.15, -0.1) is 5.10 Å². The van der Waals surface area contributed by atoms with Crippen LogP contribution in [0.4, 0.5) is 5.69 Å². The fourth-order valence-electron chi connectivity index (χ4n) is 2.45. The Balaban J connectivity index is 2.02. The summed E-state index contributed by atoms with van der Waals surface area (Å²) in [5.74, 6) is 0.555. The number of amides is 1. The first-order valence-corrected chi connectivity index (χ1v) is 8.47. The van der Waals surface area contributed by atoms with Gasteiger partial charge in [0.1, 0.15) is 0 Å². The zero-order chi connectivity index (χ0) is 18.7. The Kier molecular flexibility index (Phi) is 5.02. The molecule has 0 bridgehead atoms. The van der Waals surface area contributed by atoms with Crippen molar-refractivity contribution in [3.8, 4) is 23.1 Å². The molecule has 3 aromatic rings. The summed E-state index contributed by atoms with van der Waals surface area (Å²) in [6.07, 6.45) is 0. The molecular weight excluding hydrogens is 328 g/mol. The number of hydrogen-bond donors (Lipinski definition) is 1. The van der Waals surface area contributed by atoms with Crippen molar-refractivity contribution < 1.29 is 9.53 Å². The zero-order valence-electron chi connectivity index (χ0n) is 15.4. The molecule has 2 aromatic carbocycles. The largest absolute Gasteiger partial charge is 0.466 e. The Bertz CT molecular complexity index is 914. The van der Waals surface area contributed by atoms with E-state index in [1.807, 2.05) is 69.3 Å². The van der Waals surface area contributed by atoms with Crippen LogP contribution in [0.15, 0.2) is 48.5 Å². The summed E-state index contributed by atoms with van der Waals surface area (Å²) >= 11 is 0. The van der Waals surface area contributed by atoms with Crippen molar-refractivity contribution in [2.45, 2.75) is 20.8 Å². The molecule has 0 atom stereocenters. The average Bonchev–Trinajstić information content (AvgIpc) is 3.07. The Morgan fingerprint density at radius 3 is 2.54 bits per heavy atom. The van der Waals surface area contributed by atoms with Gasteiger partial charge in [0.05, 0.1) is 12.8 Å². The van der Waals surface area contributed by atoms with Crippen molar-refractivity contribution in [3.05, 3.63) is 54.1 Å². The van der Waals surface area contributed by atoms with Crippen LogP contribution in [0.25, 0.3) is 17.1 Å². The van der Waals surface area contributed by atoms with Crippen molar-refractivity contribution in [3.63, 3.8) is 0 Å². The topological polar surface area (TPSA) is 69.0 Å². The maximum Gasteiger partial charge on any atom is 0.336 e. The third kappa shape index (κ3) is 3.74. The highest BCUT2D eigenvalue weighted by atomic mass is 16.5. The van der Waals surface area contributed by atoms with E-state index in [-0.39, 0.29) is 17.8 Å². The molecule has 0 saturated heterocycles. The van der Waals surface area contributed by atoms with E-state index in [4.69, 9.17) is 4.74 Å². The predicted molar refractivity (Wildman–Crippen MR) is 102 cm³/mol. The lowest BCUT2D eigenvalue weighted by molar-refractivity contribution is -0.118. The molecule has 0 saturated carbocycles. The SMILES string of the molecule is COc1nc(-c2ccc(C)cc2)n(-c2cccc(NC(=O)C(C)C)c2)n1. The van der Waals surface area contributed by atoms with Crippen LogP contribution in [0.2, 0.25) is 0 Å². The molecule has 3 rings (SSSR count). The molecule has 1 N–H and O–H groups in total. The average molecular weight is 350 g/mol. The summed E-state index contributed by atoms with van der Waals surface area (Å²) in [4.78, 5) is 16.4. The van der Waals surface area contributed by atoms with Gasteiger partial charge in [0.15, 0.2) is 5.82 Å². The van der Waals surface area contributed by atoms with E-state index >= 15 is 0 Å². The first-order chi connectivity index (χ1) is 12.5. The van der Waals surface area contributed by atoms with Gasteiger partial charge in [-0.25, -0.2) is 4.68 Å². The van der Waals surface area contributed by atoms with Crippen LogP contribution in [0.5, 0.6) is 6.01 Å². The van der Waals surface area contributed by atoms with Crippen LogP contribution in [0, 0.1) is 12.8 Å². The molecule has 134 valence electrons. The third-order valence-corrected chi connectivity index (χ3v) is 3.96. The molecule has 0 aliphatic carbocycles. The minimum absolute atomic E-state index is 0.0305. The van der Waals surface area contributed by atoms with Crippen molar-refractivity contribution in [1.82, 2.24) is 14.8 Å². The van der Waals surface area contributed by atoms with Crippen LogP contribution < -0.4 is 10.1 Å². The van der Waals surface area contributed by atoms with Gasteiger partial charge in [-0.1, -0.05) is 49.7 Å². The zero-order valence-corrected chi connectivity index (χ0v) is 15.4. The number of hydrogen-bond acceptors (Lipinski definition) is 4. The van der Waals surface area contributed by atoms with E-state index in [2.05, 4.69) is 15.4 Å². The number of aromatic nitrogens is 3. The number of benzene rings is 2. The van der Waals surface area contributed by atoms with Gasteiger partial charge >= 0.3 is 6.01 Å². The quantitative estimate of drug-likeness (QED) is 0.759. The number of carbonyl (C=O) groups excluding carboxylic acids is 1. The van der Waals surface area contributed by atoms with E-state index in [0.717, 1.165) is 11.3 Å². The molecule has 0 spiro atoms. The normalized spacial score (nSPS) is 10.8. The molecule has 0 radical (unpaired) electrons. The Labute approximate surface area is 152 Å². The van der Waals surface area contributed by atoms with Crippen LogP contribution in [-0.4, -0.2) is 27.8 Å². The fourth-order valence-corrected chi connectivity index (χ4v) is 2.45. The van der Waals surface area contributed by atoms with Crippen molar-refractivity contribution in [2.24, 2.45) is 5.92 Å². The van der Waals surface area contributed by atoms with Gasteiger partial charge in [-0.3, -0.25) is 4.79 Å². The lowest BCUT2D eigenvalue weighted by atomic mass is 10.1. The number of nitrogens with zero attached hydrogens (tertiary/aromatic N) is 3. The highest BCUT2D eigenvalue weighted by molar-refractivity contribution is 5.92.